The second-order valence-corrected chi connectivity index (χ2v) is 5.20. The Kier molecular flexibility index (Phi) is 4.76. The van der Waals surface area contributed by atoms with E-state index >= 15 is 0 Å². The molecule has 1 aliphatic heterocycles. The average molecular weight is 455 g/mol. The number of hydrogen-bond donors (Lipinski definition) is 0. The van der Waals surface area contributed by atoms with Gasteiger partial charge in [-0.1, -0.05) is 42.4 Å². The van der Waals surface area contributed by atoms with Crippen LogP contribution >= 0.6 is 0 Å². The monoisotopic (exact) mass is 455 g/mol. The number of aryl methyl sites for hydroxylation is 2. The van der Waals surface area contributed by atoms with Crippen molar-refractivity contribution in [2.45, 2.75) is 13.8 Å². The van der Waals surface area contributed by atoms with Crippen LogP contribution in [0.15, 0.2) is 54.9 Å². The number of rotatable bonds is 2. The van der Waals surface area contributed by atoms with Crippen LogP contribution in [0, 0.1) is 27.4 Å². The van der Waals surface area contributed by atoms with Gasteiger partial charge in [-0.25, -0.2) is 0 Å². The van der Waals surface area contributed by atoms with Crippen LogP contribution in [-0.2, 0) is 20.1 Å². The molecule has 0 fully saturated rings. The van der Waals surface area contributed by atoms with E-state index in [1.54, 1.807) is 0 Å². The minimum absolute atomic E-state index is 0. The van der Waals surface area contributed by atoms with Gasteiger partial charge in [0.05, 0.1) is 0 Å². The Bertz CT molecular complexity index is 647. The molecule has 0 spiro atoms. The van der Waals surface area contributed by atoms with Crippen molar-refractivity contribution in [3.63, 3.8) is 0 Å². The third-order valence-corrected chi connectivity index (χ3v) is 3.48. The van der Waals surface area contributed by atoms with Gasteiger partial charge in [-0.05, 0) is 31.5 Å². The van der Waals surface area contributed by atoms with Crippen LogP contribution in [-0.4, -0.2) is 0 Å². The van der Waals surface area contributed by atoms with Crippen LogP contribution in [0.1, 0.15) is 16.7 Å². The van der Waals surface area contributed by atoms with E-state index in [-0.39, 0.29) is 20.1 Å². The molecule has 0 unspecified atom stereocenters. The molecule has 0 saturated carbocycles. The molecule has 2 aromatic carbocycles. The summed E-state index contributed by atoms with van der Waals surface area (Å²) in [6, 6.07) is 14.8. The van der Waals surface area contributed by atoms with Crippen molar-refractivity contribution in [1.82, 2.24) is 0 Å². The molecule has 2 aromatic rings. The van der Waals surface area contributed by atoms with E-state index in [0.717, 1.165) is 16.9 Å². The van der Waals surface area contributed by atoms with Crippen LogP contribution in [0.2, 0.25) is 0 Å². The number of hydrogen-bond acceptors (Lipinski definition) is 2. The summed E-state index contributed by atoms with van der Waals surface area (Å²) in [5.74, 6) is 0. The quantitative estimate of drug-likeness (QED) is 0.621. The fourth-order valence-electron chi connectivity index (χ4n) is 2.33. The van der Waals surface area contributed by atoms with Crippen molar-refractivity contribution >= 4 is 11.4 Å². The normalized spacial score (nSPS) is 13.4. The standard InChI is InChI=1S/C18H18N2.Ir/c1-14-4-7-17(8-5-14)19-10-11-20(13-19)18-9-6-15(2)12-16(18)3;/h4-13H,3H2,1-2H3;/q-2;. The molecule has 0 aliphatic carbocycles. The SMILES string of the molecule is [CH2-]c1cc(C)ccc1N1C=CN(c2ccc(C)cc2)[CH-]1.[Ir]. The molecule has 3 heteroatoms. The van der Waals surface area contributed by atoms with Crippen LogP contribution in [0.25, 0.3) is 0 Å². The summed E-state index contributed by atoms with van der Waals surface area (Å²) in [5, 5.41) is 0. The van der Waals surface area contributed by atoms with Gasteiger partial charge < -0.3 is 9.80 Å². The largest absolute Gasteiger partial charge is 0.532 e. The zero-order valence-corrected chi connectivity index (χ0v) is 14.6. The summed E-state index contributed by atoms with van der Waals surface area (Å²) in [6.45, 7) is 10.4. The molecule has 0 saturated heterocycles. The molecule has 0 amide bonds. The number of benzene rings is 2. The first-order chi connectivity index (χ1) is 9.63. The van der Waals surface area contributed by atoms with Gasteiger partial charge in [0.2, 0.25) is 0 Å². The summed E-state index contributed by atoms with van der Waals surface area (Å²) in [7, 11) is 0. The Balaban J connectivity index is 0.00000161. The van der Waals surface area contributed by atoms with Crippen molar-refractivity contribution in [3.8, 4) is 0 Å². The van der Waals surface area contributed by atoms with E-state index in [2.05, 4.69) is 92.1 Å². The van der Waals surface area contributed by atoms with E-state index in [1.807, 2.05) is 0 Å². The first-order valence-corrected chi connectivity index (χ1v) is 6.73. The zero-order chi connectivity index (χ0) is 14.1. The van der Waals surface area contributed by atoms with E-state index in [1.165, 1.54) is 11.1 Å². The van der Waals surface area contributed by atoms with Crippen LogP contribution in [0.5, 0.6) is 0 Å². The van der Waals surface area contributed by atoms with Gasteiger partial charge in [0.15, 0.2) is 0 Å². The van der Waals surface area contributed by atoms with Crippen molar-refractivity contribution in [3.05, 3.63) is 85.1 Å². The van der Waals surface area contributed by atoms with Gasteiger partial charge in [0, 0.05) is 25.8 Å². The van der Waals surface area contributed by atoms with E-state index in [4.69, 9.17) is 0 Å². The molecule has 2 nitrogen and oxygen atoms in total. The van der Waals surface area contributed by atoms with Crippen molar-refractivity contribution < 1.29 is 20.1 Å². The summed E-state index contributed by atoms with van der Waals surface area (Å²) in [5.41, 5.74) is 5.81. The maximum absolute atomic E-state index is 4.12. The van der Waals surface area contributed by atoms with E-state index in [0.29, 0.717) is 0 Å². The summed E-state index contributed by atoms with van der Waals surface area (Å²) in [6.07, 6.45) is 4.11. The fourth-order valence-corrected chi connectivity index (χ4v) is 2.33. The molecule has 111 valence electrons. The summed E-state index contributed by atoms with van der Waals surface area (Å²) < 4.78 is 0. The minimum atomic E-state index is 0. The molecular weight excluding hydrogens is 436 g/mol. The number of nitrogens with zero attached hydrogens (tertiary/aromatic N) is 2. The molecule has 0 aromatic heterocycles. The van der Waals surface area contributed by atoms with Crippen molar-refractivity contribution in [2.75, 3.05) is 9.80 Å². The van der Waals surface area contributed by atoms with Crippen LogP contribution < -0.4 is 9.80 Å². The minimum Gasteiger partial charge on any atom is -0.532 e. The Morgan fingerprint density at radius 3 is 2.14 bits per heavy atom. The average Bonchev–Trinajstić information content (AvgIpc) is 2.89. The second kappa shape index (κ2) is 6.38. The van der Waals surface area contributed by atoms with Gasteiger partial charge in [0.25, 0.3) is 0 Å². The van der Waals surface area contributed by atoms with Gasteiger partial charge in [-0.15, -0.1) is 5.56 Å². The molecular formula is C18H18IrN2-2. The van der Waals surface area contributed by atoms with Gasteiger partial charge >= 0.3 is 0 Å². The van der Waals surface area contributed by atoms with Crippen LogP contribution in [0.4, 0.5) is 11.4 Å². The molecule has 21 heavy (non-hydrogen) atoms. The van der Waals surface area contributed by atoms with Crippen molar-refractivity contribution in [2.24, 2.45) is 0 Å². The molecule has 1 radical (unpaired) electrons. The Morgan fingerprint density at radius 1 is 0.857 bits per heavy atom. The molecule has 0 atom stereocenters. The van der Waals surface area contributed by atoms with Gasteiger partial charge in [-0.2, -0.15) is 25.2 Å². The Morgan fingerprint density at radius 2 is 1.48 bits per heavy atom. The smallest absolute Gasteiger partial charge is 0.0124 e. The Labute approximate surface area is 140 Å². The maximum Gasteiger partial charge on any atom is 0.0124 e. The molecule has 3 rings (SSSR count). The van der Waals surface area contributed by atoms with Crippen LogP contribution in [0.3, 0.4) is 0 Å². The first-order valence-electron chi connectivity index (χ1n) is 6.73. The summed E-state index contributed by atoms with van der Waals surface area (Å²) in [4.78, 5) is 4.21. The third-order valence-electron chi connectivity index (χ3n) is 3.48. The fraction of sp³-hybridized carbons (Fsp3) is 0.111. The predicted molar refractivity (Wildman–Crippen MR) is 85.2 cm³/mol. The number of anilines is 2. The molecule has 0 bridgehead atoms. The predicted octanol–water partition coefficient (Wildman–Crippen LogP) is 4.40. The second-order valence-electron chi connectivity index (χ2n) is 5.20. The van der Waals surface area contributed by atoms with E-state index < -0.39 is 0 Å². The Hall–Kier alpha value is -1.70. The topological polar surface area (TPSA) is 6.48 Å². The molecule has 1 heterocycles. The third kappa shape index (κ3) is 3.31. The maximum atomic E-state index is 4.12. The summed E-state index contributed by atoms with van der Waals surface area (Å²) >= 11 is 0. The zero-order valence-electron chi connectivity index (χ0n) is 12.2. The van der Waals surface area contributed by atoms with Gasteiger partial charge in [-0.3, -0.25) is 0 Å². The first kappa shape index (κ1) is 15.7. The molecule has 0 N–H and O–H groups in total. The van der Waals surface area contributed by atoms with Gasteiger partial charge in [0.1, 0.15) is 0 Å². The molecule has 1 aliphatic rings. The van der Waals surface area contributed by atoms with E-state index in [9.17, 15) is 0 Å². The van der Waals surface area contributed by atoms with Crippen molar-refractivity contribution in [1.29, 1.82) is 0 Å².